The van der Waals surface area contributed by atoms with E-state index in [2.05, 4.69) is 9.97 Å². The van der Waals surface area contributed by atoms with E-state index < -0.39 is 18.0 Å². The molecule has 1 aliphatic heterocycles. The van der Waals surface area contributed by atoms with Gasteiger partial charge in [0.25, 0.3) is 11.8 Å². The average molecular weight is 493 g/mol. The molecule has 3 atom stereocenters. The van der Waals surface area contributed by atoms with Crippen molar-refractivity contribution in [2.75, 3.05) is 26.7 Å². The zero-order chi connectivity index (χ0) is 25.8. The van der Waals surface area contributed by atoms with Crippen molar-refractivity contribution in [3.8, 4) is 17.0 Å². The minimum absolute atomic E-state index is 0.173. The summed E-state index contributed by atoms with van der Waals surface area (Å²) in [6.07, 6.45) is 4.48. The van der Waals surface area contributed by atoms with Crippen molar-refractivity contribution < 1.29 is 23.8 Å². The smallest absolute Gasteiger partial charge is 0.259 e. The highest BCUT2D eigenvalue weighted by atomic mass is 19.1. The van der Waals surface area contributed by atoms with Gasteiger partial charge >= 0.3 is 0 Å². The van der Waals surface area contributed by atoms with Gasteiger partial charge in [0.1, 0.15) is 17.5 Å². The van der Waals surface area contributed by atoms with Gasteiger partial charge in [0, 0.05) is 49.2 Å². The molecule has 1 aromatic carbocycles. The Morgan fingerprint density at radius 3 is 2.58 bits per heavy atom. The molecule has 3 heterocycles. The molecule has 0 bridgehead atoms. The summed E-state index contributed by atoms with van der Waals surface area (Å²) in [6.45, 7) is 4.07. The molecule has 2 amide bonds. The number of carbonyl (C=O) groups excluding carboxylic acids is 2. The van der Waals surface area contributed by atoms with Crippen LogP contribution in [0.5, 0.6) is 5.88 Å². The number of benzene rings is 1. The van der Waals surface area contributed by atoms with Gasteiger partial charge in [0.2, 0.25) is 5.88 Å². The molecule has 8 nitrogen and oxygen atoms in total. The highest BCUT2D eigenvalue weighted by Gasteiger charge is 2.35. The van der Waals surface area contributed by atoms with Gasteiger partial charge in [-0.2, -0.15) is 0 Å². The summed E-state index contributed by atoms with van der Waals surface area (Å²) in [6, 6.07) is 10.3. The Hall–Kier alpha value is -3.85. The predicted octanol–water partition coefficient (Wildman–Crippen LogP) is 3.28. The van der Waals surface area contributed by atoms with Gasteiger partial charge < -0.3 is 19.6 Å². The van der Waals surface area contributed by atoms with Crippen molar-refractivity contribution in [3.05, 3.63) is 78.0 Å². The third kappa shape index (κ3) is 5.36. The van der Waals surface area contributed by atoms with Crippen LogP contribution in [0.2, 0.25) is 0 Å². The van der Waals surface area contributed by atoms with Crippen LogP contribution in [0.1, 0.15) is 34.6 Å². The maximum atomic E-state index is 13.6. The SMILES string of the molecule is C[C@@H]1CN([C@H](C)CO)C(=O)c2cc(-c3ccncc3)cnc2O[C@H]1CN(C)C(=O)c1ccc(F)cc1. The third-order valence-corrected chi connectivity index (χ3v) is 6.43. The number of amides is 2. The van der Waals surface area contributed by atoms with E-state index in [1.165, 1.54) is 29.2 Å². The van der Waals surface area contributed by atoms with Gasteiger partial charge in [-0.25, -0.2) is 9.37 Å². The first-order valence-corrected chi connectivity index (χ1v) is 11.8. The Labute approximate surface area is 209 Å². The van der Waals surface area contributed by atoms with Gasteiger partial charge in [-0.05, 0) is 55.0 Å². The van der Waals surface area contributed by atoms with Crippen molar-refractivity contribution in [1.29, 1.82) is 0 Å². The van der Waals surface area contributed by atoms with Crippen LogP contribution < -0.4 is 4.74 Å². The molecule has 0 spiro atoms. The first-order chi connectivity index (χ1) is 17.3. The molecule has 1 N–H and O–H groups in total. The van der Waals surface area contributed by atoms with Crippen molar-refractivity contribution in [2.24, 2.45) is 5.92 Å². The second-order valence-corrected chi connectivity index (χ2v) is 9.13. The van der Waals surface area contributed by atoms with Gasteiger partial charge in [0.15, 0.2) is 0 Å². The van der Waals surface area contributed by atoms with Gasteiger partial charge in [0.05, 0.1) is 19.2 Å². The van der Waals surface area contributed by atoms with E-state index in [4.69, 9.17) is 4.74 Å². The minimum Gasteiger partial charge on any atom is -0.472 e. The number of pyridine rings is 2. The van der Waals surface area contributed by atoms with E-state index in [1.807, 2.05) is 19.1 Å². The fourth-order valence-corrected chi connectivity index (χ4v) is 4.19. The number of aliphatic hydroxyl groups is 1. The lowest BCUT2D eigenvalue weighted by Gasteiger charge is -2.37. The Balaban J connectivity index is 1.66. The van der Waals surface area contributed by atoms with Crippen LogP contribution in [0.3, 0.4) is 0 Å². The van der Waals surface area contributed by atoms with E-state index in [0.29, 0.717) is 12.1 Å². The molecular formula is C27H29FN4O4. The number of hydrogen-bond acceptors (Lipinski definition) is 6. The minimum atomic E-state index is -0.487. The van der Waals surface area contributed by atoms with E-state index in [1.54, 1.807) is 43.5 Å². The van der Waals surface area contributed by atoms with Crippen molar-refractivity contribution >= 4 is 11.8 Å². The zero-order valence-corrected chi connectivity index (χ0v) is 20.5. The quantitative estimate of drug-likeness (QED) is 0.568. The largest absolute Gasteiger partial charge is 0.472 e. The monoisotopic (exact) mass is 492 g/mol. The van der Waals surface area contributed by atoms with Crippen LogP contribution in [0, 0.1) is 11.7 Å². The van der Waals surface area contributed by atoms with E-state index in [-0.39, 0.29) is 42.3 Å². The molecule has 0 radical (unpaired) electrons. The topological polar surface area (TPSA) is 95.9 Å². The molecule has 36 heavy (non-hydrogen) atoms. The summed E-state index contributed by atoms with van der Waals surface area (Å²) in [7, 11) is 1.65. The van der Waals surface area contributed by atoms with Gasteiger partial charge in [-0.3, -0.25) is 14.6 Å². The second-order valence-electron chi connectivity index (χ2n) is 9.13. The number of ether oxygens (including phenoxy) is 1. The first kappa shape index (κ1) is 25.2. The number of likely N-dealkylation sites (N-methyl/N-ethyl adjacent to an activating group) is 1. The Morgan fingerprint density at radius 2 is 1.92 bits per heavy atom. The number of halogens is 1. The molecule has 0 saturated heterocycles. The van der Waals surface area contributed by atoms with Crippen molar-refractivity contribution in [3.63, 3.8) is 0 Å². The lowest BCUT2D eigenvalue weighted by atomic mass is 9.99. The number of fused-ring (bicyclic) bond motifs is 1. The number of hydrogen-bond donors (Lipinski definition) is 1. The number of rotatable bonds is 6. The summed E-state index contributed by atoms with van der Waals surface area (Å²) in [5.41, 5.74) is 2.24. The van der Waals surface area contributed by atoms with Crippen LogP contribution in [-0.2, 0) is 0 Å². The lowest BCUT2D eigenvalue weighted by molar-refractivity contribution is 0.0313. The van der Waals surface area contributed by atoms with Crippen LogP contribution in [-0.4, -0.2) is 75.6 Å². The lowest BCUT2D eigenvalue weighted by Crippen LogP contribution is -2.50. The number of aromatic nitrogens is 2. The molecule has 0 unspecified atom stereocenters. The molecule has 0 aliphatic carbocycles. The van der Waals surface area contributed by atoms with E-state index in [0.717, 1.165) is 11.1 Å². The maximum Gasteiger partial charge on any atom is 0.259 e. The number of carbonyl (C=O) groups is 2. The van der Waals surface area contributed by atoms with Crippen LogP contribution >= 0.6 is 0 Å². The summed E-state index contributed by atoms with van der Waals surface area (Å²) in [5.74, 6) is -0.974. The Morgan fingerprint density at radius 1 is 1.22 bits per heavy atom. The summed E-state index contributed by atoms with van der Waals surface area (Å²) >= 11 is 0. The van der Waals surface area contributed by atoms with Crippen LogP contribution in [0.4, 0.5) is 4.39 Å². The molecule has 4 rings (SSSR count). The Bertz CT molecular complexity index is 1220. The van der Waals surface area contributed by atoms with E-state index >= 15 is 0 Å². The van der Waals surface area contributed by atoms with Gasteiger partial charge in [-0.1, -0.05) is 6.92 Å². The molecular weight excluding hydrogens is 463 g/mol. The fraction of sp³-hybridized carbons (Fsp3) is 0.333. The standard InChI is InChI=1S/C27H29FN4O4/c1-17-14-32(18(2)16-33)27(35)23-12-21(19-8-10-29-11-9-19)13-30-25(23)36-24(17)15-31(3)26(34)20-4-6-22(28)7-5-20/h4-13,17-18,24,33H,14-16H2,1-3H3/t17-,18-,24+/m1/s1. The van der Waals surface area contributed by atoms with Crippen LogP contribution in [0.15, 0.2) is 61.1 Å². The van der Waals surface area contributed by atoms with Gasteiger partial charge in [-0.15, -0.1) is 0 Å². The fourth-order valence-electron chi connectivity index (χ4n) is 4.19. The molecule has 188 valence electrons. The number of nitrogens with zero attached hydrogens (tertiary/aromatic N) is 4. The maximum absolute atomic E-state index is 13.6. The molecule has 1 aliphatic rings. The molecule has 3 aromatic rings. The summed E-state index contributed by atoms with van der Waals surface area (Å²) in [4.78, 5) is 38.1. The average Bonchev–Trinajstić information content (AvgIpc) is 2.90. The van der Waals surface area contributed by atoms with Crippen molar-refractivity contribution in [1.82, 2.24) is 19.8 Å². The Kier molecular flexibility index (Phi) is 7.59. The normalized spacial score (nSPS) is 18.5. The highest BCUT2D eigenvalue weighted by molar-refractivity contribution is 5.98. The third-order valence-electron chi connectivity index (χ3n) is 6.43. The van der Waals surface area contributed by atoms with Crippen molar-refractivity contribution in [2.45, 2.75) is 26.0 Å². The molecule has 0 fully saturated rings. The molecule has 0 saturated carbocycles. The van der Waals surface area contributed by atoms with Crippen LogP contribution in [0.25, 0.3) is 11.1 Å². The molecule has 9 heteroatoms. The zero-order valence-electron chi connectivity index (χ0n) is 20.5. The first-order valence-electron chi connectivity index (χ1n) is 11.8. The molecule has 2 aromatic heterocycles. The second kappa shape index (κ2) is 10.8. The van der Waals surface area contributed by atoms with E-state index in [9.17, 15) is 19.1 Å². The highest BCUT2D eigenvalue weighted by Crippen LogP contribution is 2.30. The number of aliphatic hydroxyl groups excluding tert-OH is 1. The summed E-state index contributed by atoms with van der Waals surface area (Å²) in [5, 5.41) is 9.84. The summed E-state index contributed by atoms with van der Waals surface area (Å²) < 4.78 is 19.6. The predicted molar refractivity (Wildman–Crippen MR) is 132 cm³/mol.